The Morgan fingerprint density at radius 3 is 2.79 bits per heavy atom. The molecular weight excluding hydrogens is 250 g/mol. The van der Waals surface area contributed by atoms with Crippen LogP contribution in [0.5, 0.6) is 11.5 Å². The van der Waals surface area contributed by atoms with Crippen molar-refractivity contribution in [3.05, 3.63) is 22.2 Å². The number of hydrogen-bond acceptors (Lipinski definition) is 4. The molecule has 4 nitrogen and oxygen atoms in total. The molecule has 0 heterocycles. The number of aromatic hydroxyl groups is 1. The van der Waals surface area contributed by atoms with E-state index in [4.69, 9.17) is 10.5 Å². The normalized spacial score (nSPS) is 9.93. The summed E-state index contributed by atoms with van der Waals surface area (Å²) in [6.45, 7) is -0.114. The quantitative estimate of drug-likeness (QED) is 0.803. The fourth-order valence-corrected chi connectivity index (χ4v) is 1.40. The van der Waals surface area contributed by atoms with Crippen LogP contribution in [0, 0.1) is 0 Å². The van der Waals surface area contributed by atoms with Gasteiger partial charge in [-0.2, -0.15) is 0 Å². The zero-order valence-electron chi connectivity index (χ0n) is 7.58. The van der Waals surface area contributed by atoms with Crippen LogP contribution in [0.1, 0.15) is 10.4 Å². The zero-order chi connectivity index (χ0) is 10.7. The van der Waals surface area contributed by atoms with E-state index in [0.29, 0.717) is 4.47 Å². The van der Waals surface area contributed by atoms with E-state index in [1.807, 2.05) is 0 Å². The van der Waals surface area contributed by atoms with Crippen LogP contribution in [0.3, 0.4) is 0 Å². The van der Waals surface area contributed by atoms with Gasteiger partial charge in [-0.05, 0) is 28.1 Å². The Morgan fingerprint density at radius 1 is 1.64 bits per heavy atom. The summed E-state index contributed by atoms with van der Waals surface area (Å²) in [5.41, 5.74) is 5.51. The van der Waals surface area contributed by atoms with Crippen LogP contribution in [-0.2, 0) is 0 Å². The molecule has 3 N–H and O–H groups in total. The molecule has 1 aromatic rings. The monoisotopic (exact) mass is 259 g/mol. The molecule has 0 aliphatic heterocycles. The molecule has 0 fully saturated rings. The number of benzene rings is 1. The van der Waals surface area contributed by atoms with Gasteiger partial charge in [0.05, 0.1) is 23.7 Å². The summed E-state index contributed by atoms with van der Waals surface area (Å²) in [4.78, 5) is 11.3. The third-order valence-corrected chi connectivity index (χ3v) is 2.41. The van der Waals surface area contributed by atoms with E-state index in [2.05, 4.69) is 15.9 Å². The average molecular weight is 260 g/mol. The van der Waals surface area contributed by atoms with E-state index in [1.165, 1.54) is 7.11 Å². The number of Topliss-reactive ketones (excluding diaryl/α,β-unsaturated/α-hetero) is 1. The molecule has 0 saturated carbocycles. The zero-order valence-corrected chi connectivity index (χ0v) is 9.17. The Morgan fingerprint density at radius 2 is 2.29 bits per heavy atom. The molecule has 76 valence electrons. The molecule has 0 aromatic heterocycles. The molecule has 0 amide bonds. The topological polar surface area (TPSA) is 72.5 Å². The number of rotatable bonds is 3. The van der Waals surface area contributed by atoms with E-state index in [1.54, 1.807) is 12.1 Å². The Balaban J connectivity index is 3.31. The molecule has 1 rings (SSSR count). The van der Waals surface area contributed by atoms with Crippen molar-refractivity contribution in [1.29, 1.82) is 0 Å². The summed E-state index contributed by atoms with van der Waals surface area (Å²) < 4.78 is 5.40. The minimum Gasteiger partial charge on any atom is -0.503 e. The molecule has 0 atom stereocenters. The lowest BCUT2D eigenvalue weighted by molar-refractivity contribution is 0.0997. The molecule has 0 radical (unpaired) electrons. The summed E-state index contributed by atoms with van der Waals surface area (Å²) in [7, 11) is 1.38. The number of phenols is 1. The Labute approximate surface area is 89.8 Å². The molecule has 0 bridgehead atoms. The third kappa shape index (κ3) is 1.88. The maximum absolute atomic E-state index is 11.3. The molecule has 0 aliphatic rings. The number of carbonyl (C=O) groups excluding carboxylic acids is 1. The highest BCUT2D eigenvalue weighted by Crippen LogP contribution is 2.36. The number of methoxy groups -OCH3 is 1. The lowest BCUT2D eigenvalue weighted by Crippen LogP contribution is -2.14. The summed E-state index contributed by atoms with van der Waals surface area (Å²) in [5.74, 6) is -0.216. The van der Waals surface area contributed by atoms with Gasteiger partial charge in [0.2, 0.25) is 0 Å². The first-order chi connectivity index (χ1) is 6.61. The number of ether oxygens (including phenoxy) is 1. The second-order valence-corrected chi connectivity index (χ2v) is 3.46. The van der Waals surface area contributed by atoms with Crippen molar-refractivity contribution < 1.29 is 14.6 Å². The molecule has 0 aliphatic carbocycles. The highest BCUT2D eigenvalue weighted by molar-refractivity contribution is 9.10. The molecule has 0 spiro atoms. The Kier molecular flexibility index (Phi) is 3.49. The summed E-state index contributed by atoms with van der Waals surface area (Å²) in [6, 6.07) is 3.12. The first-order valence-electron chi connectivity index (χ1n) is 3.90. The van der Waals surface area contributed by atoms with E-state index < -0.39 is 0 Å². The molecule has 14 heavy (non-hydrogen) atoms. The highest BCUT2D eigenvalue weighted by Gasteiger charge is 2.16. The van der Waals surface area contributed by atoms with Gasteiger partial charge in [0.1, 0.15) is 0 Å². The van der Waals surface area contributed by atoms with Crippen molar-refractivity contribution in [2.24, 2.45) is 5.73 Å². The third-order valence-electron chi connectivity index (χ3n) is 1.77. The van der Waals surface area contributed by atoms with Gasteiger partial charge in [-0.15, -0.1) is 0 Å². The van der Waals surface area contributed by atoms with Crippen LogP contribution in [0.25, 0.3) is 0 Å². The van der Waals surface area contributed by atoms with Gasteiger partial charge in [0.25, 0.3) is 0 Å². The van der Waals surface area contributed by atoms with Crippen molar-refractivity contribution in [2.75, 3.05) is 13.7 Å². The van der Waals surface area contributed by atoms with Crippen molar-refractivity contribution in [1.82, 2.24) is 0 Å². The standard InChI is InChI=1S/C9H10BrNO3/c1-14-9-5(7(12)4-11)2-3-6(10)8(9)13/h2-3,13H,4,11H2,1H3. The first-order valence-corrected chi connectivity index (χ1v) is 4.69. The van der Waals surface area contributed by atoms with Gasteiger partial charge in [-0.25, -0.2) is 0 Å². The maximum Gasteiger partial charge on any atom is 0.180 e. The van der Waals surface area contributed by atoms with Crippen LogP contribution in [-0.4, -0.2) is 24.5 Å². The SMILES string of the molecule is COc1c(C(=O)CN)ccc(Br)c1O. The molecular formula is C9H10BrNO3. The number of ketones is 1. The average Bonchev–Trinajstić information content (AvgIpc) is 2.20. The first kappa shape index (κ1) is 11.0. The molecule has 1 aromatic carbocycles. The fraction of sp³-hybridized carbons (Fsp3) is 0.222. The number of nitrogens with two attached hydrogens (primary N) is 1. The van der Waals surface area contributed by atoms with Crippen molar-refractivity contribution in [3.63, 3.8) is 0 Å². The predicted molar refractivity (Wildman–Crippen MR) is 55.7 cm³/mol. The van der Waals surface area contributed by atoms with Crippen molar-refractivity contribution in [3.8, 4) is 11.5 Å². The van der Waals surface area contributed by atoms with E-state index in [9.17, 15) is 9.90 Å². The highest BCUT2D eigenvalue weighted by atomic mass is 79.9. The Bertz CT molecular complexity index is 365. The second-order valence-electron chi connectivity index (χ2n) is 2.60. The number of phenolic OH excluding ortho intramolecular Hbond substituents is 1. The van der Waals surface area contributed by atoms with E-state index in [0.717, 1.165) is 0 Å². The van der Waals surface area contributed by atoms with Gasteiger partial charge >= 0.3 is 0 Å². The maximum atomic E-state index is 11.3. The fourth-order valence-electron chi connectivity index (χ4n) is 1.08. The second kappa shape index (κ2) is 4.43. The van der Waals surface area contributed by atoms with Crippen LogP contribution in [0.4, 0.5) is 0 Å². The molecule has 5 heteroatoms. The smallest absolute Gasteiger partial charge is 0.180 e. The van der Waals surface area contributed by atoms with E-state index in [-0.39, 0.29) is 29.4 Å². The summed E-state index contributed by atoms with van der Waals surface area (Å²) in [5, 5.41) is 9.56. The van der Waals surface area contributed by atoms with Gasteiger partial charge in [-0.1, -0.05) is 0 Å². The van der Waals surface area contributed by atoms with Gasteiger partial charge in [0.15, 0.2) is 17.3 Å². The number of carbonyl (C=O) groups is 1. The van der Waals surface area contributed by atoms with Crippen molar-refractivity contribution >= 4 is 21.7 Å². The minimum absolute atomic E-state index is 0.0909. The molecule has 0 saturated heterocycles. The van der Waals surface area contributed by atoms with Crippen molar-refractivity contribution in [2.45, 2.75) is 0 Å². The number of hydrogen-bond donors (Lipinski definition) is 2. The predicted octanol–water partition coefficient (Wildman–Crippen LogP) is 1.30. The Hall–Kier alpha value is -1.07. The van der Waals surface area contributed by atoms with Gasteiger partial charge < -0.3 is 15.6 Å². The van der Waals surface area contributed by atoms with Crippen LogP contribution < -0.4 is 10.5 Å². The van der Waals surface area contributed by atoms with E-state index >= 15 is 0 Å². The van der Waals surface area contributed by atoms with Crippen LogP contribution >= 0.6 is 15.9 Å². The largest absolute Gasteiger partial charge is 0.503 e. The summed E-state index contributed by atoms with van der Waals surface area (Å²) >= 11 is 3.12. The van der Waals surface area contributed by atoms with Gasteiger partial charge in [0, 0.05) is 0 Å². The van der Waals surface area contributed by atoms with Crippen LogP contribution in [0.2, 0.25) is 0 Å². The lowest BCUT2D eigenvalue weighted by Gasteiger charge is -2.09. The molecule has 0 unspecified atom stereocenters. The van der Waals surface area contributed by atoms with Crippen LogP contribution in [0.15, 0.2) is 16.6 Å². The number of halogens is 1. The van der Waals surface area contributed by atoms with Gasteiger partial charge in [-0.3, -0.25) is 4.79 Å². The lowest BCUT2D eigenvalue weighted by atomic mass is 10.1. The minimum atomic E-state index is -0.273. The summed E-state index contributed by atoms with van der Waals surface area (Å²) in [6.07, 6.45) is 0.